The molecule has 1 unspecified atom stereocenters. The van der Waals surface area contributed by atoms with Crippen molar-refractivity contribution in [2.24, 2.45) is 11.3 Å². The van der Waals surface area contributed by atoms with Crippen molar-refractivity contribution < 1.29 is 9.53 Å². The van der Waals surface area contributed by atoms with E-state index in [2.05, 4.69) is 20.8 Å². The maximum absolute atomic E-state index is 14.1. The fourth-order valence-electron chi connectivity index (χ4n) is 5.08. The molecule has 0 bridgehead atoms. The van der Waals surface area contributed by atoms with E-state index < -0.39 is 0 Å². The van der Waals surface area contributed by atoms with E-state index in [1.54, 1.807) is 15.9 Å². The molecule has 0 amide bonds. The summed E-state index contributed by atoms with van der Waals surface area (Å²) in [5.74, 6) is 1.55. The highest BCUT2D eigenvalue weighted by molar-refractivity contribution is 7.99. The molecule has 0 saturated heterocycles. The molecule has 0 radical (unpaired) electrons. The first-order chi connectivity index (χ1) is 18.2. The maximum atomic E-state index is 14.1. The van der Waals surface area contributed by atoms with Crippen LogP contribution in [0, 0.1) is 18.3 Å². The number of aromatic nitrogens is 2. The van der Waals surface area contributed by atoms with E-state index in [0.717, 1.165) is 52.0 Å². The summed E-state index contributed by atoms with van der Waals surface area (Å²) < 4.78 is 7.29. The molecule has 38 heavy (non-hydrogen) atoms. The van der Waals surface area contributed by atoms with Gasteiger partial charge in [0.05, 0.1) is 23.4 Å². The second kappa shape index (κ2) is 10.7. The van der Waals surface area contributed by atoms with Crippen molar-refractivity contribution in [2.75, 3.05) is 12.4 Å². The summed E-state index contributed by atoms with van der Waals surface area (Å²) in [5.41, 5.74) is 3.83. The molecule has 1 aliphatic rings. The van der Waals surface area contributed by atoms with Crippen LogP contribution in [0.3, 0.4) is 0 Å². The van der Waals surface area contributed by atoms with E-state index in [-0.39, 0.29) is 22.5 Å². The number of hydrogen-bond acceptors (Lipinski definition) is 6. The number of rotatable bonds is 7. The highest BCUT2D eigenvalue weighted by Gasteiger charge is 2.32. The first kappa shape index (κ1) is 26.7. The van der Waals surface area contributed by atoms with Gasteiger partial charge in [-0.2, -0.15) is 0 Å². The third kappa shape index (κ3) is 5.32. The number of thioether (sulfide) groups is 1. The van der Waals surface area contributed by atoms with E-state index in [0.29, 0.717) is 23.2 Å². The lowest BCUT2D eigenvalue weighted by Gasteiger charge is -2.33. The summed E-state index contributed by atoms with van der Waals surface area (Å²) in [6.07, 6.45) is 2.96. The van der Waals surface area contributed by atoms with Crippen LogP contribution in [0.2, 0.25) is 0 Å². The second-order valence-corrected chi connectivity index (χ2v) is 13.1. The van der Waals surface area contributed by atoms with Crippen molar-refractivity contribution >= 4 is 39.1 Å². The number of thiophene rings is 1. The van der Waals surface area contributed by atoms with Gasteiger partial charge in [0.1, 0.15) is 10.6 Å². The smallest absolute Gasteiger partial charge is 0.267 e. The highest BCUT2D eigenvalue weighted by atomic mass is 32.2. The van der Waals surface area contributed by atoms with E-state index in [9.17, 15) is 9.59 Å². The summed E-state index contributed by atoms with van der Waals surface area (Å²) in [5, 5.41) is 1.28. The quantitative estimate of drug-likeness (QED) is 0.138. The zero-order chi connectivity index (χ0) is 27.0. The fraction of sp³-hybridized carbons (Fsp3) is 0.387. The van der Waals surface area contributed by atoms with Crippen molar-refractivity contribution in [3.63, 3.8) is 0 Å². The molecular formula is C31H34N2O3S2. The summed E-state index contributed by atoms with van der Waals surface area (Å²) in [6, 6.07) is 15.1. The number of ketones is 1. The molecule has 0 fully saturated rings. The lowest BCUT2D eigenvalue weighted by Crippen LogP contribution is -2.27. The van der Waals surface area contributed by atoms with Gasteiger partial charge in [0, 0.05) is 10.4 Å². The Bertz CT molecular complexity index is 1530. The maximum Gasteiger partial charge on any atom is 0.267 e. The van der Waals surface area contributed by atoms with E-state index in [1.807, 2.05) is 62.4 Å². The Morgan fingerprint density at radius 3 is 2.50 bits per heavy atom. The lowest BCUT2D eigenvalue weighted by molar-refractivity contribution is 0.102. The second-order valence-electron chi connectivity index (χ2n) is 11.0. The Morgan fingerprint density at radius 2 is 1.84 bits per heavy atom. The van der Waals surface area contributed by atoms with E-state index in [1.165, 1.54) is 16.6 Å². The van der Waals surface area contributed by atoms with Gasteiger partial charge in [-0.25, -0.2) is 4.98 Å². The fourth-order valence-corrected chi connectivity index (χ4v) is 7.33. The molecule has 198 valence electrons. The standard InChI is InChI=1S/C31H34N2O3S2/c1-6-36-23-14-12-22(13-15-23)33-29(35)27-24-16-11-21(31(3,4)5)17-26(24)38-28(27)32-30(33)37-18-25(34)20-9-7-19(2)8-10-20/h7-10,12-15,21H,6,11,16-18H2,1-5H3. The molecule has 2 heterocycles. The van der Waals surface area contributed by atoms with Crippen molar-refractivity contribution in [3.8, 4) is 11.4 Å². The molecule has 2 aromatic heterocycles. The first-order valence-electron chi connectivity index (χ1n) is 13.2. The number of nitrogens with zero attached hydrogens (tertiary/aromatic N) is 2. The molecule has 0 aliphatic heterocycles. The van der Waals surface area contributed by atoms with Gasteiger partial charge in [0.2, 0.25) is 0 Å². The van der Waals surface area contributed by atoms with E-state index in [4.69, 9.17) is 9.72 Å². The molecule has 7 heteroatoms. The minimum Gasteiger partial charge on any atom is -0.494 e. The molecule has 4 aromatic rings. The number of carbonyl (C=O) groups excluding carboxylic acids is 1. The predicted molar refractivity (Wildman–Crippen MR) is 158 cm³/mol. The van der Waals surface area contributed by atoms with Crippen LogP contribution in [0.15, 0.2) is 58.5 Å². The Morgan fingerprint density at radius 1 is 1.13 bits per heavy atom. The van der Waals surface area contributed by atoms with Gasteiger partial charge in [-0.1, -0.05) is 62.4 Å². The van der Waals surface area contributed by atoms with Crippen LogP contribution in [-0.2, 0) is 12.8 Å². The molecule has 1 atom stereocenters. The molecule has 0 spiro atoms. The minimum absolute atomic E-state index is 0.0149. The zero-order valence-electron chi connectivity index (χ0n) is 22.7. The van der Waals surface area contributed by atoms with Gasteiger partial charge in [-0.15, -0.1) is 11.3 Å². The Labute approximate surface area is 232 Å². The van der Waals surface area contributed by atoms with Gasteiger partial charge < -0.3 is 4.74 Å². The number of carbonyl (C=O) groups is 1. The number of benzene rings is 2. The van der Waals surface area contributed by atoms with Gasteiger partial charge in [0.25, 0.3) is 5.56 Å². The van der Waals surface area contributed by atoms with Crippen LogP contribution >= 0.6 is 23.1 Å². The largest absolute Gasteiger partial charge is 0.494 e. The first-order valence-corrected chi connectivity index (χ1v) is 15.0. The topological polar surface area (TPSA) is 61.2 Å². The van der Waals surface area contributed by atoms with Crippen molar-refractivity contribution in [2.45, 2.75) is 59.0 Å². The van der Waals surface area contributed by atoms with Crippen LogP contribution in [0.25, 0.3) is 15.9 Å². The molecule has 0 saturated carbocycles. The monoisotopic (exact) mass is 546 g/mol. The normalized spacial score (nSPS) is 15.4. The SMILES string of the molecule is CCOc1ccc(-n2c(SCC(=O)c3ccc(C)cc3)nc3sc4c(c3c2=O)CCC(C(C)(C)C)C4)cc1. The Hall–Kier alpha value is -2.90. The molecule has 5 nitrogen and oxygen atoms in total. The molecule has 0 N–H and O–H groups in total. The third-order valence-electron chi connectivity index (χ3n) is 7.39. The van der Waals surface area contributed by atoms with Crippen LogP contribution < -0.4 is 10.3 Å². The number of ether oxygens (including phenoxy) is 1. The van der Waals surface area contributed by atoms with Crippen molar-refractivity contribution in [3.05, 3.63) is 80.5 Å². The minimum atomic E-state index is -0.0591. The Balaban J connectivity index is 1.57. The van der Waals surface area contributed by atoms with Crippen LogP contribution in [0.1, 0.15) is 60.5 Å². The lowest BCUT2D eigenvalue weighted by atomic mass is 9.72. The van der Waals surface area contributed by atoms with Gasteiger partial charge in [-0.3, -0.25) is 14.2 Å². The number of hydrogen-bond donors (Lipinski definition) is 0. The summed E-state index contributed by atoms with van der Waals surface area (Å²) in [4.78, 5) is 34.2. The number of Topliss-reactive ketones (excluding diaryl/α,β-unsaturated/α-hetero) is 1. The van der Waals surface area contributed by atoms with Gasteiger partial charge in [0.15, 0.2) is 10.9 Å². The van der Waals surface area contributed by atoms with Crippen LogP contribution in [0.5, 0.6) is 5.75 Å². The average molecular weight is 547 g/mol. The molecule has 1 aliphatic carbocycles. The van der Waals surface area contributed by atoms with Gasteiger partial charge >= 0.3 is 0 Å². The van der Waals surface area contributed by atoms with Crippen LogP contribution in [0.4, 0.5) is 0 Å². The van der Waals surface area contributed by atoms with Crippen molar-refractivity contribution in [1.29, 1.82) is 0 Å². The molecular weight excluding hydrogens is 512 g/mol. The Kier molecular flexibility index (Phi) is 7.51. The molecule has 5 rings (SSSR count). The highest BCUT2D eigenvalue weighted by Crippen LogP contribution is 2.42. The summed E-state index contributed by atoms with van der Waals surface area (Å²) in [6.45, 7) is 11.4. The number of fused-ring (bicyclic) bond motifs is 3. The summed E-state index contributed by atoms with van der Waals surface area (Å²) >= 11 is 2.97. The van der Waals surface area contributed by atoms with Crippen LogP contribution in [-0.4, -0.2) is 27.7 Å². The average Bonchev–Trinajstić information content (AvgIpc) is 3.26. The van der Waals surface area contributed by atoms with E-state index >= 15 is 0 Å². The molecule has 2 aromatic carbocycles. The third-order valence-corrected chi connectivity index (χ3v) is 9.48. The summed E-state index contributed by atoms with van der Waals surface area (Å²) in [7, 11) is 0. The van der Waals surface area contributed by atoms with Crippen molar-refractivity contribution in [1.82, 2.24) is 9.55 Å². The number of aryl methyl sites for hydroxylation is 2. The predicted octanol–water partition coefficient (Wildman–Crippen LogP) is 7.28. The zero-order valence-corrected chi connectivity index (χ0v) is 24.3. The van der Waals surface area contributed by atoms with Gasteiger partial charge in [-0.05, 0) is 74.3 Å².